The first-order valence-electron chi connectivity index (χ1n) is 16.6. The smallest absolute Gasteiger partial charge is 0.411 e. The van der Waals surface area contributed by atoms with Gasteiger partial charge in [-0.3, -0.25) is 9.80 Å². The van der Waals surface area contributed by atoms with Crippen molar-refractivity contribution in [1.82, 2.24) is 29.7 Å². The highest BCUT2D eigenvalue weighted by atomic mass is 19.1. The Labute approximate surface area is 273 Å². The molecule has 2 aliphatic heterocycles. The molecule has 0 spiro atoms. The van der Waals surface area contributed by atoms with E-state index in [-0.39, 0.29) is 41.9 Å². The molecule has 0 bridgehead atoms. The van der Waals surface area contributed by atoms with E-state index in [0.717, 1.165) is 53.9 Å². The van der Waals surface area contributed by atoms with Crippen LogP contribution >= 0.6 is 0 Å². The molecular weight excluding hydrogens is 599 g/mol. The Morgan fingerprint density at radius 3 is 1.89 bits per heavy atom. The number of piperidine rings is 2. The van der Waals surface area contributed by atoms with Gasteiger partial charge in [-0.2, -0.15) is 0 Å². The number of aromatic nitrogens is 4. The van der Waals surface area contributed by atoms with E-state index in [1.54, 1.807) is 11.1 Å². The summed E-state index contributed by atoms with van der Waals surface area (Å²) in [6.45, 7) is 11.2. The van der Waals surface area contributed by atoms with Gasteiger partial charge in [-0.1, -0.05) is 24.3 Å². The van der Waals surface area contributed by atoms with Gasteiger partial charge in [-0.15, -0.1) is 0 Å². The summed E-state index contributed by atoms with van der Waals surface area (Å²) in [5.41, 5.74) is 3.06. The summed E-state index contributed by atoms with van der Waals surface area (Å²) in [7, 11) is 0. The molecule has 0 radical (unpaired) electrons. The highest BCUT2D eigenvalue weighted by Crippen LogP contribution is 2.54. The molecule has 4 fully saturated rings. The average Bonchev–Trinajstić information content (AvgIpc) is 3.60. The molecule has 8 rings (SSSR count). The van der Waals surface area contributed by atoms with Gasteiger partial charge in [0.25, 0.3) is 0 Å². The predicted octanol–water partition coefficient (Wildman–Crippen LogP) is 7.90. The molecule has 2 amide bonds. The Morgan fingerprint density at radius 1 is 0.766 bits per heavy atom. The zero-order chi connectivity index (χ0) is 33.0. The standard InChI is InChI=1S/C36H41FN6O4/c1-35(2,3)46-33(44)42-26-13-21(26)15-28(42)31-38-17-25(40-31)19-9-7-18(8-10-19)20-11-23(37)30-24(12-20)39-32(41-30)29-16-22-14-27(22)43(29)34(45)47-36(4,5)6/h7-12,17,21-22,26-29H,13-16H2,1-6H3,(H,38,40)(H,39,41)/t21-,22-,26-,27-,28+,29+/m1/s1. The van der Waals surface area contributed by atoms with Crippen LogP contribution in [-0.4, -0.2) is 65.2 Å². The van der Waals surface area contributed by atoms with Crippen LogP contribution in [0.2, 0.25) is 0 Å². The fourth-order valence-corrected chi connectivity index (χ4v) is 7.47. The summed E-state index contributed by atoms with van der Waals surface area (Å²) in [6, 6.07) is 11.3. The summed E-state index contributed by atoms with van der Waals surface area (Å²) in [6.07, 6.45) is 4.81. The van der Waals surface area contributed by atoms with Crippen LogP contribution in [0.1, 0.15) is 91.0 Å². The summed E-state index contributed by atoms with van der Waals surface area (Å²) >= 11 is 0. The highest BCUT2D eigenvalue weighted by Gasteiger charge is 2.57. The van der Waals surface area contributed by atoms with Gasteiger partial charge >= 0.3 is 12.2 Å². The largest absolute Gasteiger partial charge is 0.444 e. The van der Waals surface area contributed by atoms with Crippen LogP contribution in [0.4, 0.5) is 14.0 Å². The van der Waals surface area contributed by atoms with Gasteiger partial charge in [0, 0.05) is 12.1 Å². The van der Waals surface area contributed by atoms with E-state index < -0.39 is 17.0 Å². The fourth-order valence-electron chi connectivity index (χ4n) is 7.47. The number of imidazole rings is 2. The minimum atomic E-state index is -0.599. The second-order valence-corrected chi connectivity index (χ2v) is 15.6. The van der Waals surface area contributed by atoms with E-state index >= 15 is 4.39 Å². The van der Waals surface area contributed by atoms with Crippen molar-refractivity contribution in [2.45, 2.75) is 103 Å². The molecule has 6 atom stereocenters. The van der Waals surface area contributed by atoms with Crippen LogP contribution in [0.5, 0.6) is 0 Å². The Bertz CT molecular complexity index is 1890. The van der Waals surface area contributed by atoms with E-state index in [2.05, 4.69) is 19.9 Å². The maximum atomic E-state index is 15.5. The molecule has 0 unspecified atom stereocenters. The number of aromatic amines is 2. The van der Waals surface area contributed by atoms with Crippen molar-refractivity contribution >= 4 is 23.2 Å². The van der Waals surface area contributed by atoms with Crippen LogP contribution < -0.4 is 0 Å². The normalized spacial score (nSPS) is 26.4. The quantitative estimate of drug-likeness (QED) is 0.234. The van der Waals surface area contributed by atoms with Gasteiger partial charge in [0.15, 0.2) is 5.82 Å². The summed E-state index contributed by atoms with van der Waals surface area (Å²) in [5, 5.41) is 0. The number of likely N-dealkylation sites (tertiary alicyclic amines) is 2. The van der Waals surface area contributed by atoms with Crippen molar-refractivity contribution in [2.75, 3.05) is 0 Å². The van der Waals surface area contributed by atoms with Crippen LogP contribution in [0.15, 0.2) is 42.6 Å². The maximum absolute atomic E-state index is 15.5. The third-order valence-electron chi connectivity index (χ3n) is 9.73. The molecule has 2 aromatic heterocycles. The van der Waals surface area contributed by atoms with Crippen LogP contribution in [-0.2, 0) is 9.47 Å². The molecule has 10 nitrogen and oxygen atoms in total. The highest BCUT2D eigenvalue weighted by molar-refractivity contribution is 5.83. The van der Waals surface area contributed by atoms with Gasteiger partial charge < -0.3 is 19.4 Å². The molecule has 2 aliphatic carbocycles. The average molecular weight is 641 g/mol. The van der Waals surface area contributed by atoms with Crippen molar-refractivity contribution < 1.29 is 23.5 Å². The molecule has 2 aromatic carbocycles. The number of H-pyrrole nitrogens is 2. The number of halogens is 1. The second-order valence-electron chi connectivity index (χ2n) is 15.6. The number of fused-ring (bicyclic) bond motifs is 3. The number of hydrogen-bond donors (Lipinski definition) is 2. The lowest BCUT2D eigenvalue weighted by atomic mass is 10.0. The fraction of sp³-hybridized carbons (Fsp3) is 0.500. The third-order valence-corrected chi connectivity index (χ3v) is 9.73. The van der Waals surface area contributed by atoms with Gasteiger partial charge in [0.05, 0.1) is 29.5 Å². The van der Waals surface area contributed by atoms with Gasteiger partial charge in [0.2, 0.25) is 0 Å². The Balaban J connectivity index is 1.01. The monoisotopic (exact) mass is 640 g/mol. The molecule has 2 saturated carbocycles. The molecule has 4 aliphatic rings. The maximum Gasteiger partial charge on any atom is 0.411 e. The van der Waals surface area contributed by atoms with E-state index in [0.29, 0.717) is 23.2 Å². The van der Waals surface area contributed by atoms with Crippen molar-refractivity contribution in [2.24, 2.45) is 11.8 Å². The van der Waals surface area contributed by atoms with Crippen LogP contribution in [0.3, 0.4) is 0 Å². The predicted molar refractivity (Wildman–Crippen MR) is 174 cm³/mol. The first-order valence-corrected chi connectivity index (χ1v) is 16.6. The zero-order valence-electron chi connectivity index (χ0n) is 27.6. The van der Waals surface area contributed by atoms with E-state index in [4.69, 9.17) is 9.47 Å². The summed E-state index contributed by atoms with van der Waals surface area (Å²) in [4.78, 5) is 45.8. The van der Waals surface area contributed by atoms with Crippen LogP contribution in [0.25, 0.3) is 33.4 Å². The number of carbonyl (C=O) groups excluding carboxylic acids is 2. The molecular formula is C36H41FN6O4. The topological polar surface area (TPSA) is 116 Å². The van der Waals surface area contributed by atoms with Crippen molar-refractivity contribution in [3.05, 3.63) is 60.1 Å². The molecule has 246 valence electrons. The van der Waals surface area contributed by atoms with E-state index in [1.807, 2.05) is 76.8 Å². The summed E-state index contributed by atoms with van der Waals surface area (Å²) in [5.74, 6) is 1.85. The Kier molecular flexibility index (Phi) is 6.56. The lowest BCUT2D eigenvalue weighted by molar-refractivity contribution is 0.0164. The molecule has 47 heavy (non-hydrogen) atoms. The van der Waals surface area contributed by atoms with Crippen molar-refractivity contribution in [3.8, 4) is 22.4 Å². The first-order chi connectivity index (χ1) is 22.2. The molecule has 2 saturated heterocycles. The number of ether oxygens (including phenoxy) is 2. The number of carbonyl (C=O) groups is 2. The van der Waals surface area contributed by atoms with E-state index in [9.17, 15) is 9.59 Å². The van der Waals surface area contributed by atoms with Crippen LogP contribution in [0, 0.1) is 17.7 Å². The van der Waals surface area contributed by atoms with Gasteiger partial charge in [-0.05, 0) is 108 Å². The summed E-state index contributed by atoms with van der Waals surface area (Å²) < 4.78 is 26.9. The number of rotatable bonds is 4. The van der Waals surface area contributed by atoms with Crippen molar-refractivity contribution in [1.29, 1.82) is 0 Å². The minimum absolute atomic E-state index is 0.137. The number of nitrogens with one attached hydrogen (secondary N) is 2. The zero-order valence-corrected chi connectivity index (χ0v) is 27.6. The number of benzene rings is 2. The Morgan fingerprint density at radius 2 is 1.32 bits per heavy atom. The number of nitrogens with zero attached hydrogens (tertiary/aromatic N) is 4. The van der Waals surface area contributed by atoms with Gasteiger partial charge in [0.1, 0.15) is 28.4 Å². The number of hydrogen-bond acceptors (Lipinski definition) is 6. The first kappa shape index (κ1) is 30.0. The second kappa shape index (κ2) is 10.3. The molecule has 4 heterocycles. The number of amides is 2. The molecule has 11 heteroatoms. The molecule has 2 N–H and O–H groups in total. The SMILES string of the molecule is CC(C)(C)OC(=O)N1[C@@H]2C[C@@H]2C[C@H]1c1ncc(-c2ccc(-c3cc(F)c4nc([C@@H]5C[C@H]6C[C@H]6N5C(=O)OC(C)(C)C)[nH]c4c3)cc2)[nH]1. The van der Waals surface area contributed by atoms with Crippen molar-refractivity contribution in [3.63, 3.8) is 0 Å². The Hall–Kier alpha value is -4.41. The van der Waals surface area contributed by atoms with Gasteiger partial charge in [-0.25, -0.2) is 23.9 Å². The minimum Gasteiger partial charge on any atom is -0.444 e. The lowest BCUT2D eigenvalue weighted by Gasteiger charge is -2.29. The molecule has 4 aromatic rings. The van der Waals surface area contributed by atoms with E-state index in [1.165, 1.54) is 6.07 Å². The third kappa shape index (κ3) is 5.53. The lowest BCUT2D eigenvalue weighted by Crippen LogP contribution is -2.38.